The molecule has 0 bridgehead atoms. The van der Waals surface area contributed by atoms with Gasteiger partial charge >= 0.3 is 0 Å². The molecule has 1 aromatic rings. The predicted octanol–water partition coefficient (Wildman–Crippen LogP) is 1.46. The topological polar surface area (TPSA) is 87.7 Å². The van der Waals surface area contributed by atoms with Crippen LogP contribution in [0, 0.1) is 0 Å². The van der Waals surface area contributed by atoms with E-state index in [1.165, 1.54) is 10.4 Å². The smallest absolute Gasteiger partial charge is 0.243 e. The van der Waals surface area contributed by atoms with Crippen molar-refractivity contribution in [3.8, 4) is 0 Å². The van der Waals surface area contributed by atoms with Crippen LogP contribution in [0.2, 0.25) is 0 Å². The van der Waals surface area contributed by atoms with Gasteiger partial charge < -0.3 is 15.4 Å². The average Bonchev–Trinajstić information content (AvgIpc) is 2.60. The third kappa shape index (κ3) is 6.56. The Kier molecular flexibility index (Phi) is 9.37. The summed E-state index contributed by atoms with van der Waals surface area (Å²) in [6, 6.07) is 6.40. The summed E-state index contributed by atoms with van der Waals surface area (Å²) in [5.41, 5.74) is 0.478. The normalized spacial score (nSPS) is 15.4. The van der Waals surface area contributed by atoms with E-state index in [1.54, 1.807) is 25.3 Å². The highest BCUT2D eigenvalue weighted by Crippen LogP contribution is 2.22. The van der Waals surface area contributed by atoms with Crippen LogP contribution in [0.15, 0.2) is 29.2 Å². The average molecular weight is 392 g/mol. The van der Waals surface area contributed by atoms with Gasteiger partial charge in [-0.25, -0.2) is 8.42 Å². The summed E-state index contributed by atoms with van der Waals surface area (Å²) in [5, 5.41) is 5.65. The minimum absolute atomic E-state index is 0. The van der Waals surface area contributed by atoms with E-state index in [9.17, 15) is 13.2 Å². The summed E-state index contributed by atoms with van der Waals surface area (Å²) in [6.07, 6.45) is 2.85. The van der Waals surface area contributed by atoms with Crippen LogP contribution in [0.3, 0.4) is 0 Å². The fourth-order valence-corrected chi connectivity index (χ4v) is 4.13. The van der Waals surface area contributed by atoms with E-state index in [4.69, 9.17) is 4.74 Å². The summed E-state index contributed by atoms with van der Waals surface area (Å²) >= 11 is 0. The first-order valence-electron chi connectivity index (χ1n) is 8.14. The van der Waals surface area contributed by atoms with Crippen molar-refractivity contribution >= 4 is 34.0 Å². The number of nitrogens with zero attached hydrogens (tertiary/aromatic N) is 1. The molecule has 0 aromatic heterocycles. The molecule has 0 spiro atoms. The lowest BCUT2D eigenvalue weighted by Gasteiger charge is -2.26. The van der Waals surface area contributed by atoms with Crippen LogP contribution in [0.4, 0.5) is 5.69 Å². The summed E-state index contributed by atoms with van der Waals surface area (Å²) in [7, 11) is -1.90. The Morgan fingerprint density at radius 1 is 1.24 bits per heavy atom. The van der Waals surface area contributed by atoms with E-state index >= 15 is 0 Å². The van der Waals surface area contributed by atoms with E-state index in [0.29, 0.717) is 31.9 Å². The van der Waals surface area contributed by atoms with Crippen LogP contribution in [-0.4, -0.2) is 58.5 Å². The molecule has 1 fully saturated rings. The van der Waals surface area contributed by atoms with Crippen molar-refractivity contribution in [3.63, 3.8) is 0 Å². The number of carbonyl (C=O) groups excluding carboxylic acids is 1. The first-order chi connectivity index (χ1) is 11.5. The van der Waals surface area contributed by atoms with Crippen molar-refractivity contribution in [3.05, 3.63) is 24.3 Å². The van der Waals surface area contributed by atoms with E-state index < -0.39 is 10.0 Å². The molecule has 0 radical (unpaired) electrons. The maximum Gasteiger partial charge on any atom is 0.243 e. The number of benzene rings is 1. The van der Waals surface area contributed by atoms with Crippen LogP contribution in [0.5, 0.6) is 0 Å². The molecule has 1 aromatic carbocycles. The Bertz CT molecular complexity index is 649. The lowest BCUT2D eigenvalue weighted by molar-refractivity contribution is -0.115. The Morgan fingerprint density at radius 3 is 2.64 bits per heavy atom. The number of piperidine rings is 1. The first-order valence-corrected chi connectivity index (χ1v) is 9.58. The molecule has 1 saturated heterocycles. The van der Waals surface area contributed by atoms with Gasteiger partial charge in [-0.2, -0.15) is 4.31 Å². The van der Waals surface area contributed by atoms with Gasteiger partial charge in [0.05, 0.1) is 18.0 Å². The second-order valence-corrected chi connectivity index (χ2v) is 7.65. The third-order valence-electron chi connectivity index (χ3n) is 3.84. The number of anilines is 1. The van der Waals surface area contributed by atoms with Crippen LogP contribution >= 0.6 is 12.4 Å². The third-order valence-corrected chi connectivity index (χ3v) is 5.73. The predicted molar refractivity (Wildman–Crippen MR) is 99.7 cm³/mol. The van der Waals surface area contributed by atoms with E-state index in [-0.39, 0.29) is 29.8 Å². The minimum atomic E-state index is -3.49. The number of nitrogens with one attached hydrogen (secondary N) is 2. The van der Waals surface area contributed by atoms with E-state index in [1.807, 2.05) is 0 Å². The fourth-order valence-electron chi connectivity index (χ4n) is 2.57. The number of carbonyl (C=O) groups is 1. The number of hydrogen-bond acceptors (Lipinski definition) is 5. The number of rotatable bonds is 8. The Labute approximate surface area is 155 Å². The maximum atomic E-state index is 12.7. The highest BCUT2D eigenvalue weighted by Gasteiger charge is 2.26. The molecule has 1 amide bonds. The molecule has 0 saturated carbocycles. The molecular weight excluding hydrogens is 366 g/mol. The van der Waals surface area contributed by atoms with Gasteiger partial charge in [-0.15, -0.1) is 12.4 Å². The number of hydrogen-bond donors (Lipinski definition) is 2. The van der Waals surface area contributed by atoms with Gasteiger partial charge in [0.15, 0.2) is 0 Å². The summed E-state index contributed by atoms with van der Waals surface area (Å²) in [5.74, 6) is -0.223. The van der Waals surface area contributed by atoms with Crippen molar-refractivity contribution in [1.82, 2.24) is 9.62 Å². The Hall–Kier alpha value is -1.19. The van der Waals surface area contributed by atoms with Crippen molar-refractivity contribution in [2.75, 3.05) is 45.2 Å². The van der Waals surface area contributed by atoms with Gasteiger partial charge in [-0.3, -0.25) is 4.79 Å². The van der Waals surface area contributed by atoms with Crippen molar-refractivity contribution in [2.45, 2.75) is 24.2 Å². The molecule has 1 heterocycles. The Balaban J connectivity index is 0.00000312. The number of ether oxygens (including phenoxy) is 1. The van der Waals surface area contributed by atoms with Crippen molar-refractivity contribution < 1.29 is 17.9 Å². The highest BCUT2D eigenvalue weighted by molar-refractivity contribution is 7.89. The van der Waals surface area contributed by atoms with Gasteiger partial charge in [0.2, 0.25) is 15.9 Å². The second-order valence-electron chi connectivity index (χ2n) is 5.71. The quantitative estimate of drug-likeness (QED) is 0.655. The molecule has 2 rings (SSSR count). The Morgan fingerprint density at radius 2 is 1.96 bits per heavy atom. The molecule has 1 aliphatic heterocycles. The molecule has 7 nitrogen and oxygen atoms in total. The number of amides is 1. The number of methoxy groups -OCH3 is 1. The minimum Gasteiger partial charge on any atom is -0.383 e. The van der Waals surface area contributed by atoms with Gasteiger partial charge in [-0.05, 0) is 31.0 Å². The van der Waals surface area contributed by atoms with Crippen LogP contribution < -0.4 is 10.6 Å². The largest absolute Gasteiger partial charge is 0.383 e. The lowest BCUT2D eigenvalue weighted by Crippen LogP contribution is -2.35. The number of sulfonamides is 1. The van der Waals surface area contributed by atoms with Crippen molar-refractivity contribution in [2.24, 2.45) is 0 Å². The zero-order valence-corrected chi connectivity index (χ0v) is 16.0. The first kappa shape index (κ1) is 21.9. The summed E-state index contributed by atoms with van der Waals surface area (Å²) < 4.78 is 31.7. The molecule has 0 aliphatic carbocycles. The molecule has 0 unspecified atom stereocenters. The monoisotopic (exact) mass is 391 g/mol. The zero-order chi connectivity index (χ0) is 17.4. The van der Waals surface area contributed by atoms with Gasteiger partial charge in [0.1, 0.15) is 0 Å². The zero-order valence-electron chi connectivity index (χ0n) is 14.4. The number of halogens is 1. The van der Waals surface area contributed by atoms with Crippen LogP contribution in [0.25, 0.3) is 0 Å². The molecule has 1 aliphatic rings. The molecule has 0 atom stereocenters. The molecule has 25 heavy (non-hydrogen) atoms. The second kappa shape index (κ2) is 10.7. The van der Waals surface area contributed by atoms with Crippen LogP contribution in [0.1, 0.15) is 19.3 Å². The fraction of sp³-hybridized carbons (Fsp3) is 0.562. The maximum absolute atomic E-state index is 12.7. The summed E-state index contributed by atoms with van der Waals surface area (Å²) in [4.78, 5) is 12.1. The van der Waals surface area contributed by atoms with E-state index in [0.717, 1.165) is 19.3 Å². The van der Waals surface area contributed by atoms with E-state index in [2.05, 4.69) is 10.6 Å². The molecule has 9 heteroatoms. The lowest BCUT2D eigenvalue weighted by atomic mass is 10.2. The molecule has 2 N–H and O–H groups in total. The van der Waals surface area contributed by atoms with Crippen LogP contribution in [-0.2, 0) is 19.6 Å². The summed E-state index contributed by atoms with van der Waals surface area (Å²) in [6.45, 7) is 2.36. The van der Waals surface area contributed by atoms with Gasteiger partial charge in [-0.1, -0.05) is 12.5 Å². The van der Waals surface area contributed by atoms with Gasteiger partial charge in [0, 0.05) is 32.4 Å². The highest BCUT2D eigenvalue weighted by atomic mass is 35.5. The molecule has 142 valence electrons. The standard InChI is InChI=1S/C16H25N3O4S.ClH/c1-23-11-8-17-13-16(20)18-14-6-5-7-15(12-14)24(21,22)19-9-3-2-4-10-19;/h5-7,12,17H,2-4,8-11,13H2,1H3,(H,18,20);1H. The van der Waals surface area contributed by atoms with Gasteiger partial charge in [0.25, 0.3) is 0 Å². The SMILES string of the molecule is COCCNCC(=O)Nc1cccc(S(=O)(=O)N2CCCCC2)c1.Cl. The van der Waals surface area contributed by atoms with Crippen molar-refractivity contribution in [1.29, 1.82) is 0 Å². The molecular formula is C16H26ClN3O4S.